The van der Waals surface area contributed by atoms with Gasteiger partial charge in [0, 0.05) is 127 Å². The second kappa shape index (κ2) is 20.4. The molecular weight excluding hydrogens is 749 g/mol. The van der Waals surface area contributed by atoms with Gasteiger partial charge in [-0.3, -0.25) is 9.80 Å². The smallest absolute Gasteiger partial charge is 0.241 e. The number of nitrogens with zero attached hydrogens (tertiary/aromatic N) is 6. The van der Waals surface area contributed by atoms with Gasteiger partial charge in [0.25, 0.3) is 0 Å². The third-order valence-corrected chi connectivity index (χ3v) is 13.5. The standard InChI is InChI=1S/C41H62N8O5S2/c1-44(2)38-16-7-14-36-34(38)12-9-18-40(36)55(50,51)42-20-24-48-28-26-46(5)22-11-23-47(6)27-29-49(31-33-54-32-30-48)25-21-43-56(52,53)41-19-10-13-35-37(41)15-8-17-39(35)45(3)4/h7-10,12-19,42-43H,11,20-33H2,1-6H3. The summed E-state index contributed by atoms with van der Waals surface area (Å²) in [7, 11) is 4.58. The first kappa shape index (κ1) is 43.7. The Hall–Kier alpha value is -3.38. The Kier molecular flexibility index (Phi) is 15.9. The summed E-state index contributed by atoms with van der Waals surface area (Å²) in [6, 6.07) is 22.3. The van der Waals surface area contributed by atoms with E-state index in [1.807, 2.05) is 86.5 Å². The molecule has 0 atom stereocenters. The lowest BCUT2D eigenvalue weighted by Gasteiger charge is -2.28. The topological polar surface area (TPSA) is 121 Å². The highest BCUT2D eigenvalue weighted by Crippen LogP contribution is 2.31. The molecule has 1 heterocycles. The van der Waals surface area contributed by atoms with Crippen LogP contribution < -0.4 is 19.2 Å². The molecule has 0 spiro atoms. The molecule has 1 saturated heterocycles. The fraction of sp³-hybridized carbons (Fsp3) is 0.512. The SMILES string of the molecule is CN1CCCN(C)CCN(CCNS(=O)(=O)c2cccc3c(N(C)C)cccc23)CCOCCN(CCNS(=O)(=O)c2cccc3c(N(C)C)cccc23)CC1. The van der Waals surface area contributed by atoms with Crippen molar-refractivity contribution < 1.29 is 21.6 Å². The zero-order valence-electron chi connectivity index (χ0n) is 34.1. The molecule has 56 heavy (non-hydrogen) atoms. The summed E-state index contributed by atoms with van der Waals surface area (Å²) in [5.41, 5.74) is 1.94. The van der Waals surface area contributed by atoms with Crippen molar-refractivity contribution in [1.82, 2.24) is 29.0 Å². The van der Waals surface area contributed by atoms with Crippen LogP contribution in [0.15, 0.2) is 82.6 Å². The van der Waals surface area contributed by atoms with Crippen LogP contribution in [0.5, 0.6) is 0 Å². The Labute approximate surface area is 335 Å². The molecule has 308 valence electrons. The number of hydrogen-bond acceptors (Lipinski definition) is 11. The lowest BCUT2D eigenvalue weighted by atomic mass is 10.1. The van der Waals surface area contributed by atoms with Gasteiger partial charge in [0.2, 0.25) is 20.0 Å². The number of likely N-dealkylation sites (N-methyl/N-ethyl adjacent to an activating group) is 2. The first-order valence-corrected chi connectivity index (χ1v) is 22.5. The largest absolute Gasteiger partial charge is 0.379 e. The second-order valence-electron chi connectivity index (χ2n) is 15.1. The van der Waals surface area contributed by atoms with Gasteiger partial charge in [-0.2, -0.15) is 0 Å². The van der Waals surface area contributed by atoms with E-state index in [1.54, 1.807) is 24.3 Å². The van der Waals surface area contributed by atoms with Crippen molar-refractivity contribution in [2.24, 2.45) is 0 Å². The minimum absolute atomic E-state index is 0.278. The molecule has 2 N–H and O–H groups in total. The molecule has 0 bridgehead atoms. The molecule has 4 aromatic carbocycles. The van der Waals surface area contributed by atoms with Crippen LogP contribution in [0, 0.1) is 0 Å². The third-order valence-electron chi connectivity index (χ3n) is 10.5. The Balaban J connectivity index is 1.17. The average molecular weight is 811 g/mol. The van der Waals surface area contributed by atoms with Gasteiger partial charge < -0.3 is 24.3 Å². The number of fused-ring (bicyclic) bond motifs is 2. The van der Waals surface area contributed by atoms with E-state index in [0.717, 1.165) is 67.8 Å². The van der Waals surface area contributed by atoms with Crippen LogP contribution in [0.25, 0.3) is 21.5 Å². The average Bonchev–Trinajstić information content (AvgIpc) is 3.16. The van der Waals surface area contributed by atoms with Crippen molar-refractivity contribution in [3.8, 4) is 0 Å². The lowest BCUT2D eigenvalue weighted by Crippen LogP contribution is -2.42. The number of anilines is 2. The number of sulfonamides is 2. The van der Waals surface area contributed by atoms with Crippen LogP contribution in [0.1, 0.15) is 6.42 Å². The summed E-state index contributed by atoms with van der Waals surface area (Å²) in [6.45, 7) is 9.21. The molecule has 0 radical (unpaired) electrons. The second-order valence-corrected chi connectivity index (χ2v) is 18.6. The van der Waals surface area contributed by atoms with Gasteiger partial charge >= 0.3 is 0 Å². The highest BCUT2D eigenvalue weighted by atomic mass is 32.2. The van der Waals surface area contributed by atoms with Gasteiger partial charge in [0.05, 0.1) is 23.0 Å². The van der Waals surface area contributed by atoms with Gasteiger partial charge in [-0.05, 0) is 57.9 Å². The third kappa shape index (κ3) is 11.8. The van der Waals surface area contributed by atoms with Gasteiger partial charge in [0.1, 0.15) is 0 Å². The maximum absolute atomic E-state index is 13.6. The minimum Gasteiger partial charge on any atom is -0.379 e. The summed E-state index contributed by atoms with van der Waals surface area (Å²) in [4.78, 5) is 13.7. The van der Waals surface area contributed by atoms with Crippen LogP contribution in [-0.2, 0) is 24.8 Å². The van der Waals surface area contributed by atoms with Crippen LogP contribution in [0.3, 0.4) is 0 Å². The molecule has 0 unspecified atom stereocenters. The fourth-order valence-corrected chi connectivity index (χ4v) is 9.71. The van der Waals surface area contributed by atoms with Gasteiger partial charge in [0.15, 0.2) is 0 Å². The summed E-state index contributed by atoms with van der Waals surface area (Å²) in [5, 5.41) is 3.19. The van der Waals surface area contributed by atoms with Crippen molar-refractivity contribution in [3.63, 3.8) is 0 Å². The summed E-state index contributed by atoms with van der Waals surface area (Å²) < 4.78 is 66.2. The highest BCUT2D eigenvalue weighted by Gasteiger charge is 2.21. The number of benzene rings is 4. The molecule has 0 amide bonds. The quantitative estimate of drug-likeness (QED) is 0.220. The van der Waals surface area contributed by atoms with E-state index in [2.05, 4.69) is 43.1 Å². The fourth-order valence-electron chi connectivity index (χ4n) is 7.23. The first-order chi connectivity index (χ1) is 26.8. The van der Waals surface area contributed by atoms with Crippen molar-refractivity contribution in [3.05, 3.63) is 72.8 Å². The van der Waals surface area contributed by atoms with Crippen LogP contribution in [0.2, 0.25) is 0 Å². The maximum atomic E-state index is 13.6. The molecule has 15 heteroatoms. The summed E-state index contributed by atoms with van der Waals surface area (Å²) in [5.74, 6) is 0. The molecule has 1 aliphatic rings. The molecule has 0 aromatic heterocycles. The summed E-state index contributed by atoms with van der Waals surface area (Å²) in [6.07, 6.45) is 1.02. The van der Waals surface area contributed by atoms with Crippen molar-refractivity contribution in [1.29, 1.82) is 0 Å². The van der Waals surface area contributed by atoms with Gasteiger partial charge in [-0.1, -0.05) is 48.5 Å². The maximum Gasteiger partial charge on any atom is 0.241 e. The Morgan fingerprint density at radius 1 is 0.536 bits per heavy atom. The Morgan fingerprint density at radius 3 is 1.34 bits per heavy atom. The van der Waals surface area contributed by atoms with E-state index in [4.69, 9.17) is 4.74 Å². The predicted molar refractivity (Wildman–Crippen MR) is 230 cm³/mol. The molecule has 5 rings (SSSR count). The van der Waals surface area contributed by atoms with Crippen molar-refractivity contribution in [2.75, 3.05) is 144 Å². The van der Waals surface area contributed by atoms with E-state index in [1.165, 1.54) is 0 Å². The zero-order valence-corrected chi connectivity index (χ0v) is 35.7. The van der Waals surface area contributed by atoms with Gasteiger partial charge in [-0.25, -0.2) is 26.3 Å². The molecular formula is C41H62N8O5S2. The van der Waals surface area contributed by atoms with E-state index < -0.39 is 20.0 Å². The predicted octanol–water partition coefficient (Wildman–Crippen LogP) is 3.27. The lowest BCUT2D eigenvalue weighted by molar-refractivity contribution is 0.0778. The van der Waals surface area contributed by atoms with E-state index in [0.29, 0.717) is 50.2 Å². The molecule has 0 aliphatic carbocycles. The van der Waals surface area contributed by atoms with E-state index in [9.17, 15) is 16.8 Å². The Morgan fingerprint density at radius 2 is 0.929 bits per heavy atom. The normalized spacial score (nSPS) is 17.4. The highest BCUT2D eigenvalue weighted by molar-refractivity contribution is 7.90. The van der Waals surface area contributed by atoms with Gasteiger partial charge in [-0.15, -0.1) is 0 Å². The molecule has 1 fully saturated rings. The monoisotopic (exact) mass is 810 g/mol. The van der Waals surface area contributed by atoms with E-state index >= 15 is 0 Å². The van der Waals surface area contributed by atoms with Crippen molar-refractivity contribution >= 4 is 53.0 Å². The van der Waals surface area contributed by atoms with E-state index in [-0.39, 0.29) is 22.9 Å². The molecule has 4 aromatic rings. The van der Waals surface area contributed by atoms with Crippen molar-refractivity contribution in [2.45, 2.75) is 16.2 Å². The number of ether oxygens (including phenoxy) is 1. The Bertz CT molecular complexity index is 1950. The van der Waals surface area contributed by atoms with Crippen LogP contribution >= 0.6 is 0 Å². The minimum atomic E-state index is -3.75. The molecule has 0 saturated carbocycles. The first-order valence-electron chi connectivity index (χ1n) is 19.5. The zero-order chi connectivity index (χ0) is 40.3. The number of rotatable bonds is 12. The molecule has 1 aliphatic heterocycles. The number of nitrogens with one attached hydrogen (secondary N) is 2. The summed E-state index contributed by atoms with van der Waals surface area (Å²) >= 11 is 0. The van der Waals surface area contributed by atoms with Crippen LogP contribution in [0.4, 0.5) is 11.4 Å². The number of hydrogen-bond donors (Lipinski definition) is 2. The molecule has 13 nitrogen and oxygen atoms in total. The van der Waals surface area contributed by atoms with Crippen LogP contribution in [-0.4, -0.2) is 170 Å².